The third-order valence-electron chi connectivity index (χ3n) is 2.50. The highest BCUT2D eigenvalue weighted by molar-refractivity contribution is 5.45. The Balaban J connectivity index is 2.32. The molecule has 90 valence electrons. The zero-order valence-corrected chi connectivity index (χ0v) is 10.8. The Morgan fingerprint density at radius 2 is 2.19 bits per heavy atom. The van der Waals surface area contributed by atoms with E-state index in [1.165, 1.54) is 5.69 Å². The van der Waals surface area contributed by atoms with Gasteiger partial charge in [0.25, 0.3) is 0 Å². The van der Waals surface area contributed by atoms with E-state index in [1.807, 2.05) is 13.1 Å². The molecule has 1 aromatic heterocycles. The highest BCUT2D eigenvalue weighted by atomic mass is 15.1. The average Bonchev–Trinajstić information content (AvgIpc) is 2.24. The van der Waals surface area contributed by atoms with Crippen molar-refractivity contribution < 1.29 is 0 Å². The molecule has 0 aliphatic rings. The number of aryl methyl sites for hydroxylation is 1. The molecule has 0 saturated carbocycles. The van der Waals surface area contributed by atoms with E-state index >= 15 is 0 Å². The zero-order chi connectivity index (χ0) is 12.0. The van der Waals surface area contributed by atoms with Crippen LogP contribution < -0.4 is 10.2 Å². The van der Waals surface area contributed by atoms with Crippen LogP contribution in [-0.2, 0) is 0 Å². The predicted molar refractivity (Wildman–Crippen MR) is 70.0 cm³/mol. The summed E-state index contributed by atoms with van der Waals surface area (Å²) in [6, 6.07) is 4.16. The number of pyridine rings is 1. The number of anilines is 1. The van der Waals surface area contributed by atoms with Crippen LogP contribution in [-0.4, -0.2) is 31.7 Å². The lowest BCUT2D eigenvalue weighted by atomic mass is 10.2. The Bertz CT molecular complexity index is 310. The van der Waals surface area contributed by atoms with Crippen LogP contribution in [0.5, 0.6) is 0 Å². The van der Waals surface area contributed by atoms with Gasteiger partial charge in [-0.2, -0.15) is 0 Å². The molecule has 3 nitrogen and oxygen atoms in total. The van der Waals surface area contributed by atoms with Crippen molar-refractivity contribution in [3.63, 3.8) is 0 Å². The first-order valence-corrected chi connectivity index (χ1v) is 5.94. The van der Waals surface area contributed by atoms with Gasteiger partial charge in [-0.25, -0.2) is 0 Å². The molecular formula is C13H23N3. The van der Waals surface area contributed by atoms with Crippen molar-refractivity contribution in [1.82, 2.24) is 10.3 Å². The largest absolute Gasteiger partial charge is 0.373 e. The SMILES string of the molecule is Cc1cc(N(C)CCNCC(C)C)ccn1. The van der Waals surface area contributed by atoms with Crippen molar-refractivity contribution in [3.8, 4) is 0 Å². The van der Waals surface area contributed by atoms with Crippen LogP contribution in [0.15, 0.2) is 18.3 Å². The predicted octanol–water partition coefficient (Wildman–Crippen LogP) is 2.07. The molecule has 1 aromatic rings. The van der Waals surface area contributed by atoms with E-state index in [4.69, 9.17) is 0 Å². The highest BCUT2D eigenvalue weighted by Gasteiger charge is 2.00. The van der Waals surface area contributed by atoms with Crippen molar-refractivity contribution in [2.24, 2.45) is 5.92 Å². The van der Waals surface area contributed by atoms with Gasteiger partial charge in [-0.1, -0.05) is 13.8 Å². The normalized spacial score (nSPS) is 10.8. The van der Waals surface area contributed by atoms with Gasteiger partial charge in [0.1, 0.15) is 0 Å². The molecular weight excluding hydrogens is 198 g/mol. The van der Waals surface area contributed by atoms with Gasteiger partial charge in [-0.15, -0.1) is 0 Å². The molecule has 1 heterocycles. The maximum Gasteiger partial charge on any atom is 0.0397 e. The van der Waals surface area contributed by atoms with Crippen molar-refractivity contribution in [1.29, 1.82) is 0 Å². The van der Waals surface area contributed by atoms with Crippen LogP contribution in [0.3, 0.4) is 0 Å². The second-order valence-electron chi connectivity index (χ2n) is 4.67. The van der Waals surface area contributed by atoms with Gasteiger partial charge < -0.3 is 10.2 Å². The molecule has 0 amide bonds. The summed E-state index contributed by atoms with van der Waals surface area (Å²) in [5, 5.41) is 3.44. The fraction of sp³-hybridized carbons (Fsp3) is 0.615. The minimum Gasteiger partial charge on any atom is -0.373 e. The molecule has 0 atom stereocenters. The van der Waals surface area contributed by atoms with Crippen LogP contribution in [0, 0.1) is 12.8 Å². The number of hydrogen-bond donors (Lipinski definition) is 1. The Kier molecular flexibility index (Phi) is 5.26. The van der Waals surface area contributed by atoms with Gasteiger partial charge in [0.15, 0.2) is 0 Å². The molecule has 16 heavy (non-hydrogen) atoms. The summed E-state index contributed by atoms with van der Waals surface area (Å²) in [4.78, 5) is 6.45. The summed E-state index contributed by atoms with van der Waals surface area (Å²) >= 11 is 0. The van der Waals surface area contributed by atoms with E-state index in [1.54, 1.807) is 0 Å². The lowest BCUT2D eigenvalue weighted by Gasteiger charge is -2.20. The molecule has 0 aliphatic carbocycles. The Hall–Kier alpha value is -1.09. The van der Waals surface area contributed by atoms with Crippen LogP contribution in [0.25, 0.3) is 0 Å². The quantitative estimate of drug-likeness (QED) is 0.745. The minimum atomic E-state index is 0.716. The maximum absolute atomic E-state index is 4.20. The van der Waals surface area contributed by atoms with Crippen LogP contribution in [0.2, 0.25) is 0 Å². The minimum absolute atomic E-state index is 0.716. The summed E-state index contributed by atoms with van der Waals surface area (Å²) < 4.78 is 0. The fourth-order valence-corrected chi connectivity index (χ4v) is 1.53. The summed E-state index contributed by atoms with van der Waals surface area (Å²) in [6.07, 6.45) is 1.86. The van der Waals surface area contributed by atoms with Gasteiger partial charge in [0.2, 0.25) is 0 Å². The lowest BCUT2D eigenvalue weighted by Crippen LogP contribution is -2.31. The van der Waals surface area contributed by atoms with E-state index in [0.29, 0.717) is 5.92 Å². The second-order valence-corrected chi connectivity index (χ2v) is 4.67. The number of rotatable bonds is 6. The molecule has 3 heteroatoms. The molecule has 1 N–H and O–H groups in total. The van der Waals surface area contributed by atoms with E-state index in [0.717, 1.165) is 25.3 Å². The van der Waals surface area contributed by atoms with E-state index < -0.39 is 0 Å². The highest BCUT2D eigenvalue weighted by Crippen LogP contribution is 2.11. The fourth-order valence-electron chi connectivity index (χ4n) is 1.53. The third-order valence-corrected chi connectivity index (χ3v) is 2.50. The molecule has 0 unspecified atom stereocenters. The molecule has 0 aliphatic heterocycles. The van der Waals surface area contributed by atoms with Gasteiger partial charge in [-0.3, -0.25) is 4.98 Å². The van der Waals surface area contributed by atoms with Gasteiger partial charge >= 0.3 is 0 Å². The molecule has 0 aromatic carbocycles. The van der Waals surface area contributed by atoms with E-state index in [2.05, 4.69) is 48.2 Å². The van der Waals surface area contributed by atoms with E-state index in [9.17, 15) is 0 Å². The average molecular weight is 221 g/mol. The Morgan fingerprint density at radius 1 is 1.44 bits per heavy atom. The maximum atomic E-state index is 4.20. The smallest absolute Gasteiger partial charge is 0.0397 e. The molecule has 0 saturated heterocycles. The number of nitrogens with one attached hydrogen (secondary N) is 1. The van der Waals surface area contributed by atoms with E-state index in [-0.39, 0.29) is 0 Å². The third kappa shape index (κ3) is 4.62. The van der Waals surface area contributed by atoms with Gasteiger partial charge in [-0.05, 0) is 31.5 Å². The van der Waals surface area contributed by atoms with Crippen LogP contribution in [0.4, 0.5) is 5.69 Å². The first-order chi connectivity index (χ1) is 7.59. The summed E-state index contributed by atoms with van der Waals surface area (Å²) in [7, 11) is 2.12. The second kappa shape index (κ2) is 6.48. The number of nitrogens with zero attached hydrogens (tertiary/aromatic N) is 2. The van der Waals surface area contributed by atoms with Crippen molar-refractivity contribution in [3.05, 3.63) is 24.0 Å². The van der Waals surface area contributed by atoms with Crippen molar-refractivity contribution >= 4 is 5.69 Å². The number of likely N-dealkylation sites (N-methyl/N-ethyl adjacent to an activating group) is 1. The first kappa shape index (κ1) is 13.0. The van der Waals surface area contributed by atoms with Crippen LogP contribution in [0.1, 0.15) is 19.5 Å². The van der Waals surface area contributed by atoms with Crippen molar-refractivity contribution in [2.75, 3.05) is 31.6 Å². The summed E-state index contributed by atoms with van der Waals surface area (Å²) in [5.74, 6) is 0.716. The lowest BCUT2D eigenvalue weighted by molar-refractivity contribution is 0.554. The molecule has 1 rings (SSSR count). The van der Waals surface area contributed by atoms with Gasteiger partial charge in [0.05, 0.1) is 0 Å². The first-order valence-electron chi connectivity index (χ1n) is 5.94. The Labute approximate surface area is 98.9 Å². The summed E-state index contributed by atoms with van der Waals surface area (Å²) in [6.45, 7) is 9.61. The number of hydrogen-bond acceptors (Lipinski definition) is 3. The summed E-state index contributed by atoms with van der Waals surface area (Å²) in [5.41, 5.74) is 2.30. The topological polar surface area (TPSA) is 28.2 Å². The molecule has 0 radical (unpaired) electrons. The zero-order valence-electron chi connectivity index (χ0n) is 10.8. The molecule has 0 fully saturated rings. The molecule has 0 bridgehead atoms. The standard InChI is InChI=1S/C13H23N3/c1-11(2)10-14-7-8-16(4)13-5-6-15-12(3)9-13/h5-6,9,11,14H,7-8,10H2,1-4H3. The number of aromatic nitrogens is 1. The Morgan fingerprint density at radius 3 is 2.81 bits per heavy atom. The van der Waals surface area contributed by atoms with Gasteiger partial charge in [0, 0.05) is 37.7 Å². The molecule has 0 spiro atoms. The monoisotopic (exact) mass is 221 g/mol. The van der Waals surface area contributed by atoms with Crippen molar-refractivity contribution in [2.45, 2.75) is 20.8 Å². The van der Waals surface area contributed by atoms with Crippen LogP contribution >= 0.6 is 0 Å².